The van der Waals surface area contributed by atoms with Crippen LogP contribution in [0.2, 0.25) is 0 Å². The molecule has 0 aliphatic rings. The van der Waals surface area contributed by atoms with Gasteiger partial charge in [0.15, 0.2) is 5.69 Å². The standard InChI is InChI=1S/C22H29N7O5/c1-3-10-29-20(23)19(21(32)27-22(29)33)28(11-12-34-2)18(31)9-8-17(30)24-13-16-25-14-6-4-5-7-15(14)26-16/h4-7H,3,8-13,23H2,1-2H3,(H,24,30)(H,25,26)(H,27,32,33). The number of ether oxygens (including phenoxy) is 1. The number of nitrogens with two attached hydrogens (primary N) is 1. The van der Waals surface area contributed by atoms with Crippen molar-refractivity contribution in [3.8, 4) is 0 Å². The van der Waals surface area contributed by atoms with Gasteiger partial charge in [0.2, 0.25) is 11.8 Å². The zero-order chi connectivity index (χ0) is 24.7. The van der Waals surface area contributed by atoms with E-state index in [-0.39, 0.29) is 56.5 Å². The lowest BCUT2D eigenvalue weighted by Gasteiger charge is -2.24. The van der Waals surface area contributed by atoms with Crippen molar-refractivity contribution in [3.63, 3.8) is 0 Å². The SMILES string of the molecule is CCCn1c(N)c(N(CCOC)C(=O)CCC(=O)NCc2nc3ccccc3[nH]2)c(=O)[nH]c1=O. The number of anilines is 2. The van der Waals surface area contributed by atoms with Crippen molar-refractivity contribution in [2.45, 2.75) is 39.3 Å². The first kappa shape index (κ1) is 24.7. The van der Waals surface area contributed by atoms with Crippen molar-refractivity contribution < 1.29 is 14.3 Å². The van der Waals surface area contributed by atoms with E-state index < -0.39 is 17.2 Å². The third kappa shape index (κ3) is 5.70. The lowest BCUT2D eigenvalue weighted by molar-refractivity contribution is -0.125. The van der Waals surface area contributed by atoms with Crippen LogP contribution in [0.1, 0.15) is 32.0 Å². The number of carbonyl (C=O) groups is 2. The fraction of sp³-hybridized carbons (Fsp3) is 0.409. The molecule has 0 aliphatic carbocycles. The number of methoxy groups -OCH3 is 1. The zero-order valence-corrected chi connectivity index (χ0v) is 19.2. The molecule has 0 saturated heterocycles. The summed E-state index contributed by atoms with van der Waals surface area (Å²) in [6.45, 7) is 2.49. The van der Waals surface area contributed by atoms with E-state index in [0.717, 1.165) is 15.9 Å². The van der Waals surface area contributed by atoms with Gasteiger partial charge in [-0.05, 0) is 18.6 Å². The summed E-state index contributed by atoms with van der Waals surface area (Å²) in [4.78, 5) is 60.8. The fourth-order valence-electron chi connectivity index (χ4n) is 3.54. The number of H-pyrrole nitrogens is 2. The number of nitrogens with one attached hydrogen (secondary N) is 3. The second-order valence-electron chi connectivity index (χ2n) is 7.66. The largest absolute Gasteiger partial charge is 0.383 e. The summed E-state index contributed by atoms with van der Waals surface area (Å²) >= 11 is 0. The van der Waals surface area contributed by atoms with Crippen molar-refractivity contribution >= 4 is 34.4 Å². The van der Waals surface area contributed by atoms with Crippen LogP contribution in [-0.4, -0.2) is 51.6 Å². The smallest absolute Gasteiger partial charge is 0.330 e. The molecule has 0 radical (unpaired) electrons. The molecule has 1 aromatic carbocycles. The number of rotatable bonds is 11. The van der Waals surface area contributed by atoms with Gasteiger partial charge in [-0.2, -0.15) is 0 Å². The van der Waals surface area contributed by atoms with Crippen LogP contribution in [0.4, 0.5) is 11.5 Å². The summed E-state index contributed by atoms with van der Waals surface area (Å²) in [7, 11) is 1.46. The maximum atomic E-state index is 13.0. The Hall–Kier alpha value is -3.93. The topological polar surface area (TPSA) is 168 Å². The molecule has 12 heteroatoms. The number of aromatic nitrogens is 4. The highest BCUT2D eigenvalue weighted by Gasteiger charge is 2.24. The van der Waals surface area contributed by atoms with E-state index in [2.05, 4.69) is 20.3 Å². The molecule has 0 atom stereocenters. The number of aromatic amines is 2. The monoisotopic (exact) mass is 471 g/mol. The van der Waals surface area contributed by atoms with E-state index in [9.17, 15) is 19.2 Å². The Morgan fingerprint density at radius 3 is 2.68 bits per heavy atom. The summed E-state index contributed by atoms with van der Waals surface area (Å²) in [5.41, 5.74) is 6.22. The first-order valence-electron chi connectivity index (χ1n) is 11.0. The van der Waals surface area contributed by atoms with Gasteiger partial charge in [-0.25, -0.2) is 9.78 Å². The molecule has 182 valence electrons. The van der Waals surface area contributed by atoms with E-state index in [0.29, 0.717) is 12.2 Å². The Kier molecular flexibility index (Phi) is 8.19. The van der Waals surface area contributed by atoms with Gasteiger partial charge in [0.05, 0.1) is 24.2 Å². The minimum Gasteiger partial charge on any atom is -0.383 e. The first-order valence-corrected chi connectivity index (χ1v) is 11.0. The molecule has 0 fully saturated rings. The number of benzene rings is 1. The van der Waals surface area contributed by atoms with Gasteiger partial charge in [0.25, 0.3) is 5.56 Å². The molecule has 0 bridgehead atoms. The van der Waals surface area contributed by atoms with Crippen LogP contribution < -0.4 is 27.2 Å². The number of imidazole rings is 1. The molecule has 0 spiro atoms. The quantitative estimate of drug-likeness (QED) is 0.315. The summed E-state index contributed by atoms with van der Waals surface area (Å²) in [6, 6.07) is 7.51. The van der Waals surface area contributed by atoms with Crippen LogP contribution in [0.3, 0.4) is 0 Å². The number of fused-ring (bicyclic) bond motifs is 1. The molecule has 12 nitrogen and oxygen atoms in total. The molecule has 5 N–H and O–H groups in total. The molecule has 34 heavy (non-hydrogen) atoms. The Morgan fingerprint density at radius 1 is 1.21 bits per heavy atom. The van der Waals surface area contributed by atoms with Crippen molar-refractivity contribution in [2.24, 2.45) is 0 Å². The molecule has 2 aromatic heterocycles. The average molecular weight is 472 g/mol. The van der Waals surface area contributed by atoms with E-state index >= 15 is 0 Å². The number of hydrogen-bond donors (Lipinski definition) is 4. The minimum atomic E-state index is -0.770. The maximum Gasteiger partial charge on any atom is 0.330 e. The number of para-hydroxylation sites is 2. The van der Waals surface area contributed by atoms with Crippen LogP contribution in [-0.2, 0) is 27.4 Å². The zero-order valence-electron chi connectivity index (χ0n) is 19.2. The van der Waals surface area contributed by atoms with Gasteiger partial charge < -0.3 is 25.7 Å². The Labute approximate surface area is 195 Å². The molecule has 3 rings (SSSR count). The highest BCUT2D eigenvalue weighted by atomic mass is 16.5. The van der Waals surface area contributed by atoms with Crippen molar-refractivity contribution in [3.05, 3.63) is 50.9 Å². The van der Waals surface area contributed by atoms with Crippen molar-refractivity contribution in [1.29, 1.82) is 0 Å². The second kappa shape index (κ2) is 11.3. The molecular formula is C22H29N7O5. The van der Waals surface area contributed by atoms with Crippen molar-refractivity contribution in [2.75, 3.05) is 30.9 Å². The Balaban J connectivity index is 1.68. The molecule has 3 aromatic rings. The van der Waals surface area contributed by atoms with E-state index in [1.165, 1.54) is 11.7 Å². The van der Waals surface area contributed by atoms with Gasteiger partial charge >= 0.3 is 5.69 Å². The molecule has 0 aliphatic heterocycles. The molecule has 0 unspecified atom stereocenters. The molecular weight excluding hydrogens is 442 g/mol. The maximum absolute atomic E-state index is 13.0. The van der Waals surface area contributed by atoms with Gasteiger partial charge in [-0.1, -0.05) is 19.1 Å². The van der Waals surface area contributed by atoms with E-state index in [1.807, 2.05) is 31.2 Å². The van der Waals surface area contributed by atoms with Gasteiger partial charge in [0.1, 0.15) is 11.6 Å². The number of hydrogen-bond acceptors (Lipinski definition) is 7. The minimum absolute atomic E-state index is 0.0353. The number of amides is 2. The summed E-state index contributed by atoms with van der Waals surface area (Å²) < 4.78 is 6.27. The van der Waals surface area contributed by atoms with Gasteiger partial charge in [-0.15, -0.1) is 0 Å². The van der Waals surface area contributed by atoms with Crippen LogP contribution in [0.25, 0.3) is 11.0 Å². The predicted octanol–water partition coefficient (Wildman–Crippen LogP) is 0.481. The number of nitrogen functional groups attached to an aromatic ring is 1. The third-order valence-electron chi connectivity index (χ3n) is 5.21. The van der Waals surface area contributed by atoms with E-state index in [1.54, 1.807) is 0 Å². The van der Waals surface area contributed by atoms with Crippen LogP contribution in [0.5, 0.6) is 0 Å². The Morgan fingerprint density at radius 2 is 1.97 bits per heavy atom. The fourth-order valence-corrected chi connectivity index (χ4v) is 3.54. The summed E-state index contributed by atoms with van der Waals surface area (Å²) in [5, 5.41) is 2.73. The normalized spacial score (nSPS) is 11.0. The van der Waals surface area contributed by atoms with Crippen LogP contribution >= 0.6 is 0 Å². The summed E-state index contributed by atoms with van der Waals surface area (Å²) in [6.07, 6.45) is 0.337. The summed E-state index contributed by atoms with van der Waals surface area (Å²) in [5.74, 6) is -0.345. The Bertz CT molecular complexity index is 1240. The lowest BCUT2D eigenvalue weighted by Crippen LogP contribution is -2.42. The highest BCUT2D eigenvalue weighted by molar-refractivity contribution is 5.97. The second-order valence-corrected chi connectivity index (χ2v) is 7.66. The van der Waals surface area contributed by atoms with Crippen LogP contribution in [0.15, 0.2) is 33.9 Å². The van der Waals surface area contributed by atoms with Gasteiger partial charge in [0, 0.05) is 33.0 Å². The third-order valence-corrected chi connectivity index (χ3v) is 5.21. The predicted molar refractivity (Wildman–Crippen MR) is 127 cm³/mol. The lowest BCUT2D eigenvalue weighted by atomic mass is 10.2. The number of nitrogens with zero attached hydrogens (tertiary/aromatic N) is 3. The van der Waals surface area contributed by atoms with Crippen molar-refractivity contribution in [1.82, 2.24) is 24.8 Å². The first-order chi connectivity index (χ1) is 16.3. The number of carbonyl (C=O) groups excluding carboxylic acids is 2. The molecule has 0 saturated carbocycles. The molecule has 2 amide bonds. The highest BCUT2D eigenvalue weighted by Crippen LogP contribution is 2.18. The van der Waals surface area contributed by atoms with E-state index in [4.69, 9.17) is 10.5 Å². The van der Waals surface area contributed by atoms with Gasteiger partial charge in [-0.3, -0.25) is 23.9 Å². The average Bonchev–Trinajstić information content (AvgIpc) is 3.24. The van der Waals surface area contributed by atoms with Crippen LogP contribution in [0, 0.1) is 0 Å². The molecule has 2 heterocycles.